The van der Waals surface area contributed by atoms with Crippen LogP contribution in [0.1, 0.15) is 24.7 Å². The number of fused-ring (bicyclic) bond motifs is 1. The third kappa shape index (κ3) is 2.43. The van der Waals surface area contributed by atoms with Gasteiger partial charge >= 0.3 is 0 Å². The Hall–Kier alpha value is -2.43. The highest BCUT2D eigenvalue weighted by Gasteiger charge is 2.26. The van der Waals surface area contributed by atoms with Gasteiger partial charge in [0.25, 0.3) is 0 Å². The summed E-state index contributed by atoms with van der Waals surface area (Å²) < 4.78 is 19.0. The summed E-state index contributed by atoms with van der Waals surface area (Å²) in [6, 6.07) is 10.4. The molecule has 112 valence electrons. The number of anilines is 1. The van der Waals surface area contributed by atoms with Gasteiger partial charge < -0.3 is 9.32 Å². The fourth-order valence-corrected chi connectivity index (χ4v) is 3.02. The second-order valence-electron chi connectivity index (χ2n) is 5.64. The molecule has 1 atom stereocenters. The van der Waals surface area contributed by atoms with Crippen LogP contribution >= 0.6 is 0 Å². The summed E-state index contributed by atoms with van der Waals surface area (Å²) in [5, 5.41) is 0. The van der Waals surface area contributed by atoms with E-state index < -0.39 is 0 Å². The van der Waals surface area contributed by atoms with E-state index in [0.717, 1.165) is 31.7 Å². The highest BCUT2D eigenvalue weighted by molar-refractivity contribution is 5.72. The molecule has 0 aliphatic carbocycles. The monoisotopic (exact) mass is 297 g/mol. The Morgan fingerprint density at radius 3 is 3.05 bits per heavy atom. The van der Waals surface area contributed by atoms with Crippen LogP contribution in [0.25, 0.3) is 11.1 Å². The summed E-state index contributed by atoms with van der Waals surface area (Å²) in [7, 11) is 0. The third-order valence-electron chi connectivity index (χ3n) is 4.11. The van der Waals surface area contributed by atoms with Gasteiger partial charge in [-0.25, -0.2) is 14.4 Å². The van der Waals surface area contributed by atoms with Crippen molar-refractivity contribution in [1.29, 1.82) is 0 Å². The first-order valence-electron chi connectivity index (χ1n) is 7.51. The Labute approximate surface area is 127 Å². The minimum Gasteiger partial charge on any atom is -0.440 e. The number of piperidine rings is 1. The molecule has 1 fully saturated rings. The van der Waals surface area contributed by atoms with Gasteiger partial charge in [-0.05, 0) is 37.1 Å². The van der Waals surface area contributed by atoms with Gasteiger partial charge in [0.1, 0.15) is 17.2 Å². The summed E-state index contributed by atoms with van der Waals surface area (Å²) in [6.07, 6.45) is 3.90. The maximum atomic E-state index is 13.3. The molecule has 0 radical (unpaired) electrons. The van der Waals surface area contributed by atoms with Gasteiger partial charge in [0.2, 0.25) is 0 Å². The molecule has 2 aromatic heterocycles. The summed E-state index contributed by atoms with van der Waals surface area (Å²) in [6.45, 7) is 1.81. The summed E-state index contributed by atoms with van der Waals surface area (Å²) in [4.78, 5) is 11.2. The Kier molecular flexibility index (Phi) is 3.25. The zero-order valence-corrected chi connectivity index (χ0v) is 12.1. The number of benzene rings is 1. The van der Waals surface area contributed by atoms with Crippen LogP contribution in [0.3, 0.4) is 0 Å². The molecule has 0 bridgehead atoms. The van der Waals surface area contributed by atoms with E-state index >= 15 is 0 Å². The molecule has 3 aromatic rings. The van der Waals surface area contributed by atoms with Gasteiger partial charge in [-0.3, -0.25) is 0 Å². The van der Waals surface area contributed by atoms with Crippen molar-refractivity contribution in [3.05, 3.63) is 54.3 Å². The SMILES string of the molecule is Fc1ccc2nc([C@@H]3CCCN(c4ccccn4)C3)oc2c1. The fraction of sp³-hybridized carbons (Fsp3) is 0.294. The molecule has 0 saturated carbocycles. The highest BCUT2D eigenvalue weighted by atomic mass is 19.1. The summed E-state index contributed by atoms with van der Waals surface area (Å²) in [5.41, 5.74) is 1.23. The van der Waals surface area contributed by atoms with Gasteiger partial charge in [-0.15, -0.1) is 0 Å². The van der Waals surface area contributed by atoms with Crippen molar-refractivity contribution in [3.63, 3.8) is 0 Å². The third-order valence-corrected chi connectivity index (χ3v) is 4.11. The maximum absolute atomic E-state index is 13.3. The Balaban J connectivity index is 1.61. The molecule has 4 nitrogen and oxygen atoms in total. The van der Waals surface area contributed by atoms with E-state index in [1.165, 1.54) is 12.1 Å². The van der Waals surface area contributed by atoms with E-state index in [4.69, 9.17) is 4.42 Å². The number of halogens is 1. The van der Waals surface area contributed by atoms with Crippen molar-refractivity contribution in [2.75, 3.05) is 18.0 Å². The van der Waals surface area contributed by atoms with E-state index in [9.17, 15) is 4.39 Å². The average molecular weight is 297 g/mol. The van der Waals surface area contributed by atoms with Gasteiger partial charge in [0.15, 0.2) is 11.5 Å². The second kappa shape index (κ2) is 5.40. The Morgan fingerprint density at radius 2 is 2.18 bits per heavy atom. The lowest BCUT2D eigenvalue weighted by Crippen LogP contribution is -2.34. The van der Waals surface area contributed by atoms with Crippen molar-refractivity contribution >= 4 is 16.9 Å². The highest BCUT2D eigenvalue weighted by Crippen LogP contribution is 2.30. The predicted octanol–water partition coefficient (Wildman–Crippen LogP) is 3.75. The van der Waals surface area contributed by atoms with Gasteiger partial charge in [-0.2, -0.15) is 0 Å². The van der Waals surface area contributed by atoms with Crippen LogP contribution in [0.2, 0.25) is 0 Å². The Morgan fingerprint density at radius 1 is 1.23 bits per heavy atom. The van der Waals surface area contributed by atoms with Crippen molar-refractivity contribution in [1.82, 2.24) is 9.97 Å². The van der Waals surface area contributed by atoms with Crippen LogP contribution in [0.4, 0.5) is 10.2 Å². The van der Waals surface area contributed by atoms with Crippen molar-refractivity contribution in [2.45, 2.75) is 18.8 Å². The zero-order chi connectivity index (χ0) is 14.9. The quantitative estimate of drug-likeness (QED) is 0.722. The molecule has 0 amide bonds. The normalized spacial score (nSPS) is 18.8. The largest absolute Gasteiger partial charge is 0.440 e. The summed E-state index contributed by atoms with van der Waals surface area (Å²) in [5.74, 6) is 1.59. The molecular weight excluding hydrogens is 281 g/mol. The topological polar surface area (TPSA) is 42.2 Å². The van der Waals surface area contributed by atoms with E-state index in [2.05, 4.69) is 14.9 Å². The molecule has 4 rings (SSSR count). The van der Waals surface area contributed by atoms with Crippen LogP contribution in [0.15, 0.2) is 47.0 Å². The van der Waals surface area contributed by atoms with Crippen LogP contribution in [0.5, 0.6) is 0 Å². The number of aromatic nitrogens is 2. The lowest BCUT2D eigenvalue weighted by atomic mass is 9.98. The average Bonchev–Trinajstić information content (AvgIpc) is 2.99. The minimum absolute atomic E-state index is 0.214. The first-order chi connectivity index (χ1) is 10.8. The standard InChI is InChI=1S/C17H16FN3O/c18-13-6-7-14-15(10-13)22-17(20-14)12-4-3-9-21(11-12)16-5-1-2-8-19-16/h1-2,5-8,10,12H,3-4,9,11H2/t12-/m1/s1. The summed E-state index contributed by atoms with van der Waals surface area (Å²) >= 11 is 0. The minimum atomic E-state index is -0.297. The molecule has 1 aliphatic heterocycles. The zero-order valence-electron chi connectivity index (χ0n) is 12.1. The van der Waals surface area contributed by atoms with Crippen molar-refractivity contribution in [3.8, 4) is 0 Å². The van der Waals surface area contributed by atoms with E-state index in [0.29, 0.717) is 17.0 Å². The van der Waals surface area contributed by atoms with Gasteiger partial charge in [0, 0.05) is 25.4 Å². The number of oxazole rings is 1. The number of nitrogens with zero attached hydrogens (tertiary/aromatic N) is 3. The maximum Gasteiger partial charge on any atom is 0.200 e. The first-order valence-corrected chi connectivity index (χ1v) is 7.51. The van der Waals surface area contributed by atoms with E-state index in [-0.39, 0.29) is 11.7 Å². The van der Waals surface area contributed by atoms with Crippen molar-refractivity contribution < 1.29 is 8.81 Å². The lowest BCUT2D eigenvalue weighted by Gasteiger charge is -2.32. The molecule has 3 heterocycles. The van der Waals surface area contributed by atoms with Gasteiger partial charge in [-0.1, -0.05) is 6.07 Å². The predicted molar refractivity (Wildman–Crippen MR) is 82.4 cm³/mol. The second-order valence-corrected chi connectivity index (χ2v) is 5.64. The molecule has 0 spiro atoms. The number of pyridine rings is 1. The number of rotatable bonds is 2. The van der Waals surface area contributed by atoms with Crippen LogP contribution in [0, 0.1) is 5.82 Å². The smallest absolute Gasteiger partial charge is 0.200 e. The Bertz CT molecular complexity index is 787. The molecule has 1 aromatic carbocycles. The lowest BCUT2D eigenvalue weighted by molar-refractivity contribution is 0.412. The van der Waals surface area contributed by atoms with Crippen molar-refractivity contribution in [2.24, 2.45) is 0 Å². The molecule has 1 aliphatic rings. The molecule has 1 saturated heterocycles. The number of hydrogen-bond acceptors (Lipinski definition) is 4. The van der Waals surface area contributed by atoms with E-state index in [1.54, 1.807) is 12.3 Å². The fourth-order valence-electron chi connectivity index (χ4n) is 3.02. The van der Waals surface area contributed by atoms with Crippen LogP contribution in [-0.4, -0.2) is 23.1 Å². The van der Waals surface area contributed by atoms with Crippen LogP contribution < -0.4 is 4.90 Å². The van der Waals surface area contributed by atoms with E-state index in [1.807, 2.05) is 18.2 Å². The number of hydrogen-bond donors (Lipinski definition) is 0. The molecule has 22 heavy (non-hydrogen) atoms. The van der Waals surface area contributed by atoms with Crippen LogP contribution in [-0.2, 0) is 0 Å². The molecule has 0 N–H and O–H groups in total. The molecule has 0 unspecified atom stereocenters. The first kappa shape index (κ1) is 13.2. The van der Waals surface area contributed by atoms with Gasteiger partial charge in [0.05, 0.1) is 5.92 Å². The molecular formula is C17H16FN3O. The molecule has 5 heteroatoms.